The summed E-state index contributed by atoms with van der Waals surface area (Å²) in [4.78, 5) is 4.63. The largest absolute Gasteiger partial charge is 0.263 e. The van der Waals surface area contributed by atoms with E-state index in [1.165, 1.54) is 16.9 Å². The van der Waals surface area contributed by atoms with Crippen LogP contribution in [-0.2, 0) is 15.4 Å². The van der Waals surface area contributed by atoms with Crippen LogP contribution in [0.15, 0.2) is 64.9 Å². The van der Waals surface area contributed by atoms with Gasteiger partial charge >= 0.3 is 0 Å². The SMILES string of the molecule is CC(C)(C)c1ccc(-c2csc(NS(=O)(=O)c3ccccc3)n2)cc1. The van der Waals surface area contributed by atoms with E-state index < -0.39 is 10.0 Å². The summed E-state index contributed by atoms with van der Waals surface area (Å²) < 4.78 is 27.3. The van der Waals surface area contributed by atoms with Gasteiger partial charge in [-0.1, -0.05) is 63.2 Å². The second kappa shape index (κ2) is 6.61. The molecule has 1 aromatic heterocycles. The molecule has 0 spiro atoms. The van der Waals surface area contributed by atoms with E-state index >= 15 is 0 Å². The quantitative estimate of drug-likeness (QED) is 0.708. The van der Waals surface area contributed by atoms with E-state index in [4.69, 9.17) is 0 Å². The maximum atomic E-state index is 12.4. The number of hydrogen-bond acceptors (Lipinski definition) is 4. The van der Waals surface area contributed by atoms with Crippen molar-refractivity contribution in [1.82, 2.24) is 4.98 Å². The standard InChI is InChI=1S/C19H20N2O2S2/c1-19(2,3)15-11-9-14(10-12-15)17-13-24-18(20-17)21-25(22,23)16-7-5-4-6-8-16/h4-13H,1-3H3,(H,20,21). The molecule has 0 atom stereocenters. The smallest absolute Gasteiger partial charge is 0.255 e. The molecule has 0 unspecified atom stereocenters. The van der Waals surface area contributed by atoms with Gasteiger partial charge in [-0.05, 0) is 23.1 Å². The van der Waals surface area contributed by atoms with Gasteiger partial charge in [0.15, 0.2) is 5.13 Å². The minimum atomic E-state index is -3.61. The first-order valence-electron chi connectivity index (χ1n) is 7.90. The molecule has 0 aliphatic rings. The molecule has 1 N–H and O–H groups in total. The monoisotopic (exact) mass is 372 g/mol. The molecule has 4 nitrogen and oxygen atoms in total. The predicted molar refractivity (Wildman–Crippen MR) is 104 cm³/mol. The van der Waals surface area contributed by atoms with Crippen molar-refractivity contribution in [1.29, 1.82) is 0 Å². The highest BCUT2D eigenvalue weighted by Crippen LogP contribution is 2.29. The molecule has 0 aliphatic heterocycles. The van der Waals surface area contributed by atoms with Gasteiger partial charge in [0.1, 0.15) is 0 Å². The second-order valence-corrected chi connectivity index (χ2v) is 9.32. The zero-order valence-electron chi connectivity index (χ0n) is 14.4. The normalized spacial score (nSPS) is 12.1. The van der Waals surface area contributed by atoms with Gasteiger partial charge in [0, 0.05) is 10.9 Å². The third-order valence-corrected chi connectivity index (χ3v) is 6.07. The van der Waals surface area contributed by atoms with Crippen LogP contribution < -0.4 is 4.72 Å². The van der Waals surface area contributed by atoms with E-state index in [2.05, 4.69) is 42.6 Å². The van der Waals surface area contributed by atoms with E-state index in [1.807, 2.05) is 17.5 Å². The summed E-state index contributed by atoms with van der Waals surface area (Å²) in [6.45, 7) is 6.50. The van der Waals surface area contributed by atoms with Gasteiger partial charge in [-0.3, -0.25) is 4.72 Å². The maximum Gasteiger partial charge on any atom is 0.263 e. The number of benzene rings is 2. The summed E-state index contributed by atoms with van der Waals surface area (Å²) >= 11 is 1.27. The fraction of sp³-hybridized carbons (Fsp3) is 0.211. The topological polar surface area (TPSA) is 59.1 Å². The number of hydrogen-bond donors (Lipinski definition) is 1. The van der Waals surface area contributed by atoms with E-state index in [0.29, 0.717) is 5.13 Å². The number of thiazole rings is 1. The molecule has 1 heterocycles. The molecule has 130 valence electrons. The lowest BCUT2D eigenvalue weighted by atomic mass is 9.86. The summed E-state index contributed by atoms with van der Waals surface area (Å²) in [7, 11) is -3.61. The molecular weight excluding hydrogens is 352 g/mol. The van der Waals surface area contributed by atoms with Gasteiger partial charge in [-0.25, -0.2) is 13.4 Å². The lowest BCUT2D eigenvalue weighted by molar-refractivity contribution is 0.590. The van der Waals surface area contributed by atoms with Crippen molar-refractivity contribution < 1.29 is 8.42 Å². The van der Waals surface area contributed by atoms with Crippen molar-refractivity contribution in [2.75, 3.05) is 4.72 Å². The van der Waals surface area contributed by atoms with Crippen molar-refractivity contribution in [3.63, 3.8) is 0 Å². The van der Waals surface area contributed by atoms with Gasteiger partial charge in [0.2, 0.25) is 0 Å². The first-order chi connectivity index (χ1) is 11.8. The fourth-order valence-electron chi connectivity index (χ4n) is 2.37. The molecule has 0 radical (unpaired) electrons. The van der Waals surface area contributed by atoms with Crippen molar-refractivity contribution in [2.45, 2.75) is 31.1 Å². The fourth-order valence-corrected chi connectivity index (χ4v) is 4.36. The van der Waals surface area contributed by atoms with Crippen LogP contribution >= 0.6 is 11.3 Å². The number of sulfonamides is 1. The van der Waals surface area contributed by atoms with Gasteiger partial charge < -0.3 is 0 Å². The minimum absolute atomic E-state index is 0.0943. The zero-order valence-corrected chi connectivity index (χ0v) is 16.0. The van der Waals surface area contributed by atoms with Crippen LogP contribution in [0.4, 0.5) is 5.13 Å². The highest BCUT2D eigenvalue weighted by Gasteiger charge is 2.17. The third-order valence-electron chi connectivity index (χ3n) is 3.83. The zero-order chi connectivity index (χ0) is 18.1. The second-order valence-electron chi connectivity index (χ2n) is 6.78. The molecule has 3 aromatic rings. The van der Waals surface area contributed by atoms with Crippen molar-refractivity contribution >= 4 is 26.5 Å². The van der Waals surface area contributed by atoms with Gasteiger partial charge in [0.25, 0.3) is 10.0 Å². The summed E-state index contributed by atoms with van der Waals surface area (Å²) in [5.41, 5.74) is 3.07. The van der Waals surface area contributed by atoms with Gasteiger partial charge in [-0.2, -0.15) is 0 Å². The third kappa shape index (κ3) is 4.08. The van der Waals surface area contributed by atoms with Crippen LogP contribution in [0.5, 0.6) is 0 Å². The number of rotatable bonds is 4. The summed E-state index contributed by atoms with van der Waals surface area (Å²) in [5, 5.41) is 2.22. The Labute approximate surface area is 152 Å². The predicted octanol–water partition coefficient (Wildman–Crippen LogP) is 4.91. The molecule has 6 heteroatoms. The van der Waals surface area contributed by atoms with Crippen molar-refractivity contribution in [3.8, 4) is 11.3 Å². The van der Waals surface area contributed by atoms with Crippen molar-refractivity contribution in [3.05, 3.63) is 65.5 Å². The number of nitrogens with zero attached hydrogens (tertiary/aromatic N) is 1. The molecule has 0 saturated carbocycles. The molecule has 0 fully saturated rings. The minimum Gasteiger partial charge on any atom is -0.255 e. The Hall–Kier alpha value is -2.18. The van der Waals surface area contributed by atoms with E-state index in [0.717, 1.165) is 11.3 Å². The lowest BCUT2D eigenvalue weighted by Crippen LogP contribution is -2.12. The van der Waals surface area contributed by atoms with E-state index in [1.54, 1.807) is 30.3 Å². The summed E-state index contributed by atoms with van der Waals surface area (Å²) in [5.74, 6) is 0. The number of anilines is 1. The molecule has 0 saturated heterocycles. The lowest BCUT2D eigenvalue weighted by Gasteiger charge is -2.18. The Bertz CT molecular complexity index is 955. The first-order valence-corrected chi connectivity index (χ1v) is 10.3. The van der Waals surface area contributed by atoms with Crippen LogP contribution in [0.2, 0.25) is 0 Å². The Morgan fingerprint density at radius 2 is 1.60 bits per heavy atom. The number of aromatic nitrogens is 1. The van der Waals surface area contributed by atoms with E-state index in [9.17, 15) is 8.42 Å². The molecule has 0 aliphatic carbocycles. The highest BCUT2D eigenvalue weighted by atomic mass is 32.2. The van der Waals surface area contributed by atoms with Gasteiger partial charge in [0.05, 0.1) is 10.6 Å². The highest BCUT2D eigenvalue weighted by molar-refractivity contribution is 7.93. The number of nitrogens with one attached hydrogen (secondary N) is 1. The van der Waals surface area contributed by atoms with Crippen LogP contribution in [-0.4, -0.2) is 13.4 Å². The average Bonchev–Trinajstić information content (AvgIpc) is 3.03. The van der Waals surface area contributed by atoms with Crippen LogP contribution in [0.25, 0.3) is 11.3 Å². The molecule has 25 heavy (non-hydrogen) atoms. The summed E-state index contributed by atoms with van der Waals surface area (Å²) in [6.07, 6.45) is 0. The molecular formula is C19H20N2O2S2. The molecule has 3 rings (SSSR count). The molecule has 0 amide bonds. The molecule has 2 aromatic carbocycles. The van der Waals surface area contributed by atoms with E-state index in [-0.39, 0.29) is 10.3 Å². The van der Waals surface area contributed by atoms with Crippen LogP contribution in [0, 0.1) is 0 Å². The Morgan fingerprint density at radius 1 is 0.960 bits per heavy atom. The first kappa shape index (κ1) is 17.6. The Morgan fingerprint density at radius 3 is 2.20 bits per heavy atom. The summed E-state index contributed by atoms with van der Waals surface area (Å²) in [6, 6.07) is 16.5. The average molecular weight is 373 g/mol. The maximum absolute atomic E-state index is 12.4. The van der Waals surface area contributed by atoms with Gasteiger partial charge in [-0.15, -0.1) is 11.3 Å². The van der Waals surface area contributed by atoms with Crippen molar-refractivity contribution in [2.24, 2.45) is 0 Å². The Kier molecular flexibility index (Phi) is 4.67. The van der Waals surface area contributed by atoms with Crippen LogP contribution in [0.1, 0.15) is 26.3 Å². The molecule has 0 bridgehead atoms. The van der Waals surface area contributed by atoms with Crippen LogP contribution in [0.3, 0.4) is 0 Å². The Balaban J connectivity index is 1.81.